The van der Waals surface area contributed by atoms with Gasteiger partial charge in [-0.15, -0.1) is 0 Å². The lowest BCUT2D eigenvalue weighted by molar-refractivity contribution is -0.376. The zero-order valence-corrected chi connectivity index (χ0v) is 21.2. The van der Waals surface area contributed by atoms with Crippen LogP contribution in [-0.4, -0.2) is 61.6 Å². The maximum absolute atomic E-state index is 13.3. The average molecular weight is 581 g/mol. The zero-order valence-electron chi connectivity index (χ0n) is 20.4. The molecule has 0 radical (unpaired) electrons. The van der Waals surface area contributed by atoms with Crippen LogP contribution in [0.15, 0.2) is 47.4 Å². The van der Waals surface area contributed by atoms with Gasteiger partial charge in [0.05, 0.1) is 4.90 Å². The molecule has 2 amide bonds. The van der Waals surface area contributed by atoms with E-state index in [1.54, 1.807) is 0 Å². The zero-order chi connectivity index (χ0) is 29.2. The number of ether oxygens (including phenoxy) is 1. The summed E-state index contributed by atoms with van der Waals surface area (Å²) in [5, 5.41) is 11.9. The van der Waals surface area contributed by atoms with Crippen molar-refractivity contribution in [1.29, 1.82) is 0 Å². The molecule has 4 rings (SSSR count). The first-order chi connectivity index (χ1) is 17.9. The number of hydrogen-bond acceptors (Lipinski definition) is 6. The summed E-state index contributed by atoms with van der Waals surface area (Å²) in [6.45, 7) is -0.135. The molecule has 2 N–H and O–H groups in total. The van der Waals surface area contributed by atoms with E-state index >= 15 is 0 Å². The Bertz CT molecular complexity index is 1400. The molecule has 2 aromatic rings. The number of alkyl halides is 6. The van der Waals surface area contributed by atoms with Crippen LogP contribution in [0.1, 0.15) is 35.6 Å². The predicted octanol–water partition coefficient (Wildman–Crippen LogP) is 3.60. The molecule has 1 heterocycles. The molecule has 39 heavy (non-hydrogen) atoms. The van der Waals surface area contributed by atoms with Gasteiger partial charge in [0.15, 0.2) is 9.84 Å². The molecule has 1 aliphatic heterocycles. The number of carbonyl (C=O) groups excluding carboxylic acids is 2. The van der Waals surface area contributed by atoms with Crippen LogP contribution in [0, 0.1) is 0 Å². The number of rotatable bonds is 6. The van der Waals surface area contributed by atoms with Crippen LogP contribution < -0.4 is 5.32 Å². The average Bonchev–Trinajstić information content (AvgIpc) is 3.54. The number of aliphatic hydroxyl groups is 1. The predicted molar refractivity (Wildman–Crippen MR) is 123 cm³/mol. The first kappa shape index (κ1) is 28.8. The van der Waals surface area contributed by atoms with Crippen molar-refractivity contribution in [3.05, 3.63) is 59.2 Å². The molecular formula is C24H22F6N2O6S. The Balaban J connectivity index is 1.66. The van der Waals surface area contributed by atoms with Crippen LogP contribution in [0.3, 0.4) is 0 Å². The van der Waals surface area contributed by atoms with Crippen LogP contribution in [0.5, 0.6) is 0 Å². The maximum Gasteiger partial charge on any atom is 0.430 e. The fourth-order valence-corrected chi connectivity index (χ4v) is 5.18. The van der Waals surface area contributed by atoms with Crippen LogP contribution in [0.25, 0.3) is 0 Å². The molecule has 0 bridgehead atoms. The Kier molecular flexibility index (Phi) is 6.80. The van der Waals surface area contributed by atoms with Gasteiger partial charge in [-0.05, 0) is 48.2 Å². The van der Waals surface area contributed by atoms with Crippen molar-refractivity contribution in [3.63, 3.8) is 0 Å². The summed E-state index contributed by atoms with van der Waals surface area (Å²) in [7, 11) is -2.29. The standard InChI is InChI=1S/C24H22F6N2O6S/c1-38-21(9-10-21)20(34)32-12-13-11-16(39(2,36)37)7-8-17(13)18(32)19(33)31-15-5-3-14(4-6-15)22(35,23(25,26)27)24(28,29)30/h3-8,11,18,35H,9-10,12H2,1-2H3,(H,31,33)/t18-/m0/s1. The van der Waals surface area contributed by atoms with Gasteiger partial charge in [-0.1, -0.05) is 18.2 Å². The number of carbonyl (C=O) groups is 2. The Morgan fingerprint density at radius 3 is 2.05 bits per heavy atom. The number of benzene rings is 2. The molecule has 0 spiro atoms. The Morgan fingerprint density at radius 2 is 1.59 bits per heavy atom. The van der Waals surface area contributed by atoms with Crippen LogP contribution in [-0.2, 0) is 36.3 Å². The number of halogens is 6. The molecule has 1 saturated carbocycles. The maximum atomic E-state index is 13.3. The molecule has 212 valence electrons. The number of sulfone groups is 1. The minimum Gasteiger partial charge on any atom is -0.369 e. The third-order valence-electron chi connectivity index (χ3n) is 6.87. The molecule has 0 aromatic heterocycles. The van der Waals surface area contributed by atoms with E-state index in [4.69, 9.17) is 4.74 Å². The SMILES string of the molecule is COC1(C(=O)N2Cc3cc(S(C)(=O)=O)ccc3[C@H]2C(=O)Nc2ccc(C(O)(C(F)(F)F)C(F)(F)F)cc2)CC1. The highest BCUT2D eigenvalue weighted by molar-refractivity contribution is 7.90. The van der Waals surface area contributed by atoms with E-state index in [9.17, 15) is 49.5 Å². The Labute approximate surface area is 218 Å². The van der Waals surface area contributed by atoms with Gasteiger partial charge in [-0.3, -0.25) is 9.59 Å². The summed E-state index contributed by atoms with van der Waals surface area (Å²) in [4.78, 5) is 27.8. The summed E-state index contributed by atoms with van der Waals surface area (Å²) in [5.74, 6) is -1.38. The van der Waals surface area contributed by atoms with Crippen molar-refractivity contribution in [2.75, 3.05) is 18.7 Å². The molecule has 0 unspecified atom stereocenters. The minimum absolute atomic E-state index is 0.0417. The van der Waals surface area contributed by atoms with Gasteiger partial charge in [-0.25, -0.2) is 8.42 Å². The van der Waals surface area contributed by atoms with Gasteiger partial charge in [-0.2, -0.15) is 26.3 Å². The number of hydrogen-bond donors (Lipinski definition) is 2. The summed E-state index contributed by atoms with van der Waals surface area (Å²) in [5.41, 5.74) is -7.34. The molecule has 15 heteroatoms. The van der Waals surface area contributed by atoms with Crippen molar-refractivity contribution in [2.24, 2.45) is 0 Å². The number of nitrogens with zero attached hydrogens (tertiary/aromatic N) is 1. The first-order valence-corrected chi connectivity index (χ1v) is 13.2. The second-order valence-corrected chi connectivity index (χ2v) is 11.5. The fraction of sp³-hybridized carbons (Fsp3) is 0.417. The highest BCUT2D eigenvalue weighted by Crippen LogP contribution is 2.50. The monoisotopic (exact) mass is 580 g/mol. The summed E-state index contributed by atoms with van der Waals surface area (Å²) >= 11 is 0. The van der Waals surface area contributed by atoms with Crippen molar-refractivity contribution in [2.45, 2.75) is 53.9 Å². The minimum atomic E-state index is -6.07. The normalized spacial score (nSPS) is 19.0. The first-order valence-electron chi connectivity index (χ1n) is 11.3. The van der Waals surface area contributed by atoms with Crippen LogP contribution in [0.2, 0.25) is 0 Å². The molecule has 2 aromatic carbocycles. The van der Waals surface area contributed by atoms with Crippen molar-refractivity contribution in [3.8, 4) is 0 Å². The van der Waals surface area contributed by atoms with E-state index in [0.717, 1.165) is 18.4 Å². The van der Waals surface area contributed by atoms with Gasteiger partial charge in [0.25, 0.3) is 17.4 Å². The van der Waals surface area contributed by atoms with E-state index in [1.807, 2.05) is 0 Å². The highest BCUT2D eigenvalue weighted by atomic mass is 32.2. The summed E-state index contributed by atoms with van der Waals surface area (Å²) < 4.78 is 108. The third-order valence-corrected chi connectivity index (χ3v) is 7.98. The van der Waals surface area contributed by atoms with E-state index < -0.39 is 56.8 Å². The van der Waals surface area contributed by atoms with Crippen molar-refractivity contribution < 1.29 is 54.2 Å². The van der Waals surface area contributed by atoms with Crippen molar-refractivity contribution in [1.82, 2.24) is 4.90 Å². The second kappa shape index (κ2) is 9.20. The van der Waals surface area contributed by atoms with Crippen LogP contribution >= 0.6 is 0 Å². The van der Waals surface area contributed by atoms with Gasteiger partial charge < -0.3 is 20.1 Å². The lowest BCUT2D eigenvalue weighted by Crippen LogP contribution is -2.53. The number of anilines is 1. The van der Waals surface area contributed by atoms with Gasteiger partial charge in [0.1, 0.15) is 11.6 Å². The molecule has 1 fully saturated rings. The summed E-state index contributed by atoms with van der Waals surface area (Å²) in [6, 6.07) is 4.92. The van der Waals surface area contributed by atoms with Gasteiger partial charge in [0, 0.05) is 31.2 Å². The lowest BCUT2D eigenvalue weighted by Gasteiger charge is -2.32. The molecule has 0 saturated heterocycles. The van der Waals surface area contributed by atoms with E-state index in [-0.39, 0.29) is 17.1 Å². The molecule has 2 aliphatic rings. The van der Waals surface area contributed by atoms with E-state index in [1.165, 1.54) is 30.2 Å². The number of methoxy groups -OCH3 is 1. The lowest BCUT2D eigenvalue weighted by atomic mass is 9.92. The molecule has 1 aliphatic carbocycles. The molecule has 1 atom stereocenters. The van der Waals surface area contributed by atoms with E-state index in [0.29, 0.717) is 36.1 Å². The van der Waals surface area contributed by atoms with E-state index in [2.05, 4.69) is 5.32 Å². The second-order valence-electron chi connectivity index (χ2n) is 9.44. The molecular weight excluding hydrogens is 558 g/mol. The highest BCUT2D eigenvalue weighted by Gasteiger charge is 2.71. The number of amides is 2. The Hall–Kier alpha value is -3.17. The topological polar surface area (TPSA) is 113 Å². The van der Waals surface area contributed by atoms with Crippen LogP contribution in [0.4, 0.5) is 32.0 Å². The summed E-state index contributed by atoms with van der Waals surface area (Å²) in [6.07, 6.45) is -10.4. The number of nitrogens with one attached hydrogen (secondary N) is 1. The van der Waals surface area contributed by atoms with Gasteiger partial charge >= 0.3 is 12.4 Å². The largest absolute Gasteiger partial charge is 0.430 e. The Morgan fingerprint density at radius 1 is 1.03 bits per heavy atom. The smallest absolute Gasteiger partial charge is 0.369 e. The third kappa shape index (κ3) is 4.87. The quantitative estimate of drug-likeness (QED) is 0.505. The van der Waals surface area contributed by atoms with Crippen molar-refractivity contribution >= 4 is 27.3 Å². The fourth-order valence-electron chi connectivity index (χ4n) is 4.50. The number of fused-ring (bicyclic) bond motifs is 1. The van der Waals surface area contributed by atoms with Gasteiger partial charge in [0.2, 0.25) is 0 Å². The molecule has 8 nitrogen and oxygen atoms in total.